The quantitative estimate of drug-likeness (QED) is 0.679. The van der Waals surface area contributed by atoms with Crippen LogP contribution in [0.4, 0.5) is 5.69 Å². The van der Waals surface area contributed by atoms with Crippen LogP contribution in [0, 0.1) is 0 Å². The molecular formula is C10H6NO3S. The normalized spacial score (nSPS) is 16.8. The molecule has 5 heteroatoms. The first-order chi connectivity index (χ1) is 7.16. The van der Waals surface area contributed by atoms with Gasteiger partial charge in [0.15, 0.2) is 5.75 Å². The standard InChI is InChI=1S/C10H6NO3S/c12-15(13)11-10-8-4-2-1-3-7(8)5-6-9(10)14-15/h1-6H. The van der Waals surface area contributed by atoms with Gasteiger partial charge in [0.25, 0.3) is 0 Å². The van der Waals surface area contributed by atoms with Crippen molar-refractivity contribution < 1.29 is 12.6 Å². The molecule has 2 aromatic rings. The van der Waals surface area contributed by atoms with Crippen LogP contribution < -0.4 is 8.91 Å². The van der Waals surface area contributed by atoms with Gasteiger partial charge in [0.2, 0.25) is 0 Å². The second-order valence-electron chi connectivity index (χ2n) is 3.24. The smallest absolute Gasteiger partial charge is 0.363 e. The van der Waals surface area contributed by atoms with Crippen LogP contribution in [-0.4, -0.2) is 8.42 Å². The lowest BCUT2D eigenvalue weighted by Gasteiger charge is -1.99. The predicted molar refractivity (Wildman–Crippen MR) is 55.3 cm³/mol. The molecule has 1 heterocycles. The fourth-order valence-corrected chi connectivity index (χ4v) is 2.45. The van der Waals surface area contributed by atoms with Crippen molar-refractivity contribution >= 4 is 26.8 Å². The zero-order chi connectivity index (χ0) is 10.5. The summed E-state index contributed by atoms with van der Waals surface area (Å²) in [4.78, 5) is 0. The third kappa shape index (κ3) is 1.24. The molecule has 15 heavy (non-hydrogen) atoms. The Kier molecular flexibility index (Phi) is 1.50. The van der Waals surface area contributed by atoms with Gasteiger partial charge in [-0.3, -0.25) is 0 Å². The summed E-state index contributed by atoms with van der Waals surface area (Å²) < 4.78 is 30.6. The van der Waals surface area contributed by atoms with Crippen molar-refractivity contribution in [2.75, 3.05) is 0 Å². The lowest BCUT2D eigenvalue weighted by molar-refractivity contribution is 0.496. The molecule has 0 spiro atoms. The molecule has 0 amide bonds. The van der Waals surface area contributed by atoms with Crippen LogP contribution in [0.1, 0.15) is 0 Å². The molecule has 3 rings (SSSR count). The van der Waals surface area contributed by atoms with Gasteiger partial charge in [-0.25, -0.2) is 0 Å². The Morgan fingerprint density at radius 3 is 2.73 bits per heavy atom. The number of benzene rings is 2. The van der Waals surface area contributed by atoms with Gasteiger partial charge in [-0.15, -0.1) is 4.72 Å². The fraction of sp³-hybridized carbons (Fsp3) is 0. The summed E-state index contributed by atoms with van der Waals surface area (Å²) in [5.74, 6) is 0.300. The van der Waals surface area contributed by atoms with Gasteiger partial charge in [0, 0.05) is 5.39 Å². The molecular weight excluding hydrogens is 214 g/mol. The molecule has 0 saturated heterocycles. The van der Waals surface area contributed by atoms with Crippen LogP contribution >= 0.6 is 0 Å². The minimum atomic E-state index is -3.77. The van der Waals surface area contributed by atoms with Gasteiger partial charge >= 0.3 is 10.3 Å². The Bertz CT molecular complexity index is 649. The molecule has 0 atom stereocenters. The lowest BCUT2D eigenvalue weighted by Crippen LogP contribution is -2.09. The second-order valence-corrected chi connectivity index (χ2v) is 4.44. The molecule has 2 aromatic carbocycles. The van der Waals surface area contributed by atoms with E-state index < -0.39 is 10.3 Å². The summed E-state index contributed by atoms with van der Waals surface area (Å²) in [7, 11) is -3.77. The zero-order valence-electron chi connectivity index (χ0n) is 7.54. The average Bonchev–Trinajstić information content (AvgIpc) is 2.52. The molecule has 0 unspecified atom stereocenters. The Balaban J connectivity index is 2.39. The van der Waals surface area contributed by atoms with Crippen molar-refractivity contribution in [3.8, 4) is 5.75 Å². The van der Waals surface area contributed by atoms with E-state index in [1.807, 2.05) is 30.3 Å². The Labute approximate surface area is 86.7 Å². The molecule has 4 nitrogen and oxygen atoms in total. The van der Waals surface area contributed by atoms with Gasteiger partial charge in [-0.2, -0.15) is 8.42 Å². The number of hydrogen-bond donors (Lipinski definition) is 0. The zero-order valence-corrected chi connectivity index (χ0v) is 8.36. The van der Waals surface area contributed by atoms with E-state index in [2.05, 4.69) is 4.72 Å². The summed E-state index contributed by atoms with van der Waals surface area (Å²) in [5, 5.41) is 1.73. The Morgan fingerprint density at radius 1 is 1.07 bits per heavy atom. The maximum absolute atomic E-state index is 11.1. The van der Waals surface area contributed by atoms with Crippen molar-refractivity contribution in [3.63, 3.8) is 0 Å². The lowest BCUT2D eigenvalue weighted by atomic mass is 10.1. The molecule has 75 valence electrons. The molecule has 0 aliphatic carbocycles. The summed E-state index contributed by atoms with van der Waals surface area (Å²) in [6, 6.07) is 10.9. The van der Waals surface area contributed by atoms with Crippen molar-refractivity contribution in [2.45, 2.75) is 0 Å². The number of nitrogens with zero attached hydrogens (tertiary/aromatic N) is 1. The summed E-state index contributed by atoms with van der Waals surface area (Å²) in [6.45, 7) is 0. The first-order valence-electron chi connectivity index (χ1n) is 4.35. The van der Waals surface area contributed by atoms with Crippen LogP contribution in [0.2, 0.25) is 0 Å². The van der Waals surface area contributed by atoms with Crippen LogP contribution in [0.5, 0.6) is 5.75 Å². The molecule has 0 saturated carbocycles. The third-order valence-corrected chi connectivity index (χ3v) is 3.06. The minimum Gasteiger partial charge on any atom is -0.363 e. The van der Waals surface area contributed by atoms with Gasteiger partial charge in [-0.05, 0) is 11.5 Å². The molecule has 0 bridgehead atoms. The summed E-state index contributed by atoms with van der Waals surface area (Å²) in [5.41, 5.74) is 0.396. The summed E-state index contributed by atoms with van der Waals surface area (Å²) >= 11 is 0. The molecule has 0 N–H and O–H groups in total. The fourth-order valence-electron chi connectivity index (χ4n) is 1.64. The van der Waals surface area contributed by atoms with Crippen LogP contribution in [-0.2, 0) is 10.3 Å². The van der Waals surface area contributed by atoms with E-state index in [4.69, 9.17) is 4.18 Å². The van der Waals surface area contributed by atoms with Crippen LogP contribution in [0.25, 0.3) is 10.8 Å². The highest BCUT2D eigenvalue weighted by Crippen LogP contribution is 2.38. The highest BCUT2D eigenvalue weighted by atomic mass is 32.2. The highest BCUT2D eigenvalue weighted by molar-refractivity contribution is 7.85. The Morgan fingerprint density at radius 2 is 1.87 bits per heavy atom. The molecule has 0 aromatic heterocycles. The van der Waals surface area contributed by atoms with Crippen LogP contribution in [0.3, 0.4) is 0 Å². The minimum absolute atomic E-state index is 0.300. The first kappa shape index (κ1) is 8.55. The van der Waals surface area contributed by atoms with E-state index in [-0.39, 0.29) is 0 Å². The summed E-state index contributed by atoms with van der Waals surface area (Å²) in [6.07, 6.45) is 0. The van der Waals surface area contributed by atoms with Crippen molar-refractivity contribution in [2.24, 2.45) is 0 Å². The van der Waals surface area contributed by atoms with E-state index in [1.54, 1.807) is 6.07 Å². The highest BCUT2D eigenvalue weighted by Gasteiger charge is 2.29. The van der Waals surface area contributed by atoms with Crippen LogP contribution in [0.15, 0.2) is 36.4 Å². The van der Waals surface area contributed by atoms with Gasteiger partial charge in [-0.1, -0.05) is 30.3 Å². The average molecular weight is 220 g/mol. The van der Waals surface area contributed by atoms with E-state index in [0.29, 0.717) is 11.4 Å². The second kappa shape index (κ2) is 2.64. The maximum Gasteiger partial charge on any atom is 0.429 e. The number of hydrogen-bond acceptors (Lipinski definition) is 3. The first-order valence-corrected chi connectivity index (χ1v) is 5.71. The SMILES string of the molecule is O=S1(=O)[N]c2c(ccc3ccccc23)O1. The Hall–Kier alpha value is -1.75. The van der Waals surface area contributed by atoms with Gasteiger partial charge in [0.05, 0.1) is 0 Å². The molecule has 1 radical (unpaired) electrons. The van der Waals surface area contributed by atoms with E-state index in [9.17, 15) is 8.42 Å². The van der Waals surface area contributed by atoms with Gasteiger partial charge in [0.1, 0.15) is 5.69 Å². The predicted octanol–water partition coefficient (Wildman–Crippen LogP) is 1.71. The number of rotatable bonds is 0. The molecule has 1 aliphatic heterocycles. The van der Waals surface area contributed by atoms with E-state index in [0.717, 1.165) is 10.8 Å². The van der Waals surface area contributed by atoms with Crippen molar-refractivity contribution in [3.05, 3.63) is 36.4 Å². The monoisotopic (exact) mass is 220 g/mol. The van der Waals surface area contributed by atoms with E-state index in [1.165, 1.54) is 0 Å². The van der Waals surface area contributed by atoms with Gasteiger partial charge < -0.3 is 4.18 Å². The van der Waals surface area contributed by atoms with Crippen molar-refractivity contribution in [1.82, 2.24) is 4.72 Å². The largest absolute Gasteiger partial charge is 0.429 e. The molecule has 0 fully saturated rings. The molecule has 1 aliphatic rings. The van der Waals surface area contributed by atoms with Crippen molar-refractivity contribution in [1.29, 1.82) is 0 Å². The maximum atomic E-state index is 11.1. The third-order valence-electron chi connectivity index (χ3n) is 2.26. The van der Waals surface area contributed by atoms with E-state index >= 15 is 0 Å². The topological polar surface area (TPSA) is 57.5 Å². The number of fused-ring (bicyclic) bond motifs is 3.